The van der Waals surface area contributed by atoms with Crippen LogP contribution in [0, 0.1) is 6.92 Å². The summed E-state index contributed by atoms with van der Waals surface area (Å²) in [5.41, 5.74) is 2.26. The van der Waals surface area contributed by atoms with Crippen molar-refractivity contribution in [1.82, 2.24) is 10.6 Å². The Bertz CT molecular complexity index is 776. The van der Waals surface area contributed by atoms with Crippen molar-refractivity contribution in [2.75, 3.05) is 13.6 Å². The summed E-state index contributed by atoms with van der Waals surface area (Å²) in [5, 5.41) is 9.94. The number of nitrogens with one attached hydrogen (secondary N) is 2. The average Bonchev–Trinajstić information content (AvgIpc) is 3.16. The molecule has 0 spiro atoms. The van der Waals surface area contributed by atoms with Gasteiger partial charge >= 0.3 is 0 Å². The molecule has 0 bridgehead atoms. The highest BCUT2D eigenvalue weighted by atomic mass is 127. The van der Waals surface area contributed by atoms with Gasteiger partial charge in [-0.2, -0.15) is 0 Å². The fourth-order valence-electron chi connectivity index (χ4n) is 2.43. The van der Waals surface area contributed by atoms with E-state index >= 15 is 0 Å². The number of thiophene rings is 1. The fourth-order valence-corrected chi connectivity index (χ4v) is 3.28. The van der Waals surface area contributed by atoms with Crippen molar-refractivity contribution in [3.63, 3.8) is 0 Å². The predicted octanol–water partition coefficient (Wildman–Crippen LogP) is 4.33. The molecule has 1 aromatic carbocycles. The lowest BCUT2D eigenvalue weighted by atomic mass is 10.2. The summed E-state index contributed by atoms with van der Waals surface area (Å²) in [6.45, 7) is 3.71. The number of nitrogens with zero attached hydrogens (tertiary/aromatic N) is 1. The van der Waals surface area contributed by atoms with E-state index in [9.17, 15) is 0 Å². The smallest absolute Gasteiger partial charge is 0.191 e. The lowest BCUT2D eigenvalue weighted by molar-refractivity contribution is 0.544. The minimum Gasteiger partial charge on any atom is -0.461 e. The Labute approximate surface area is 163 Å². The highest BCUT2D eigenvalue weighted by Gasteiger charge is 2.05. The third-order valence-corrected chi connectivity index (χ3v) is 4.77. The summed E-state index contributed by atoms with van der Waals surface area (Å²) in [6.07, 6.45) is 0.827. The van der Waals surface area contributed by atoms with Gasteiger partial charge in [-0.25, -0.2) is 0 Å². The van der Waals surface area contributed by atoms with Gasteiger partial charge in [0.25, 0.3) is 0 Å². The van der Waals surface area contributed by atoms with Gasteiger partial charge in [-0.3, -0.25) is 4.99 Å². The number of aryl methyl sites for hydroxylation is 1. The van der Waals surface area contributed by atoms with Crippen LogP contribution in [-0.4, -0.2) is 19.6 Å². The molecule has 6 heteroatoms. The molecule has 0 aliphatic carbocycles. The van der Waals surface area contributed by atoms with E-state index in [0.717, 1.165) is 42.2 Å². The van der Waals surface area contributed by atoms with E-state index in [1.165, 1.54) is 10.4 Å². The molecule has 128 valence electrons. The Morgan fingerprint density at radius 2 is 2.04 bits per heavy atom. The SMILES string of the molecule is CN=C(NCCc1cc2ccccc2o1)NCc1sccc1C.I. The van der Waals surface area contributed by atoms with E-state index in [1.807, 2.05) is 18.2 Å². The second-order valence-electron chi connectivity index (χ2n) is 5.38. The van der Waals surface area contributed by atoms with Gasteiger partial charge in [0.1, 0.15) is 11.3 Å². The van der Waals surface area contributed by atoms with Crippen LogP contribution in [0.5, 0.6) is 0 Å². The summed E-state index contributed by atoms with van der Waals surface area (Å²) in [4.78, 5) is 5.60. The average molecular weight is 455 g/mol. The van der Waals surface area contributed by atoms with Crippen molar-refractivity contribution in [3.05, 3.63) is 58.0 Å². The molecule has 3 rings (SSSR count). The Morgan fingerprint density at radius 1 is 1.21 bits per heavy atom. The summed E-state index contributed by atoms with van der Waals surface area (Å²) < 4.78 is 5.82. The maximum absolute atomic E-state index is 5.82. The lowest BCUT2D eigenvalue weighted by Crippen LogP contribution is -2.37. The predicted molar refractivity (Wildman–Crippen MR) is 113 cm³/mol. The van der Waals surface area contributed by atoms with E-state index in [4.69, 9.17) is 4.42 Å². The standard InChI is InChI=1S/C18H21N3OS.HI/c1-13-8-10-23-17(13)12-21-18(19-2)20-9-7-15-11-14-5-3-4-6-16(14)22-15;/h3-6,8,10-11H,7,9,12H2,1-2H3,(H2,19,20,21);1H. The molecular formula is C18H22IN3OS. The molecule has 2 aromatic heterocycles. The zero-order valence-electron chi connectivity index (χ0n) is 13.8. The first-order valence-electron chi connectivity index (χ1n) is 7.71. The van der Waals surface area contributed by atoms with Gasteiger partial charge in [-0.1, -0.05) is 18.2 Å². The quantitative estimate of drug-likeness (QED) is 0.342. The number of hydrogen-bond donors (Lipinski definition) is 2. The van der Waals surface area contributed by atoms with Crippen molar-refractivity contribution in [1.29, 1.82) is 0 Å². The third-order valence-electron chi connectivity index (χ3n) is 3.75. The van der Waals surface area contributed by atoms with E-state index in [2.05, 4.69) is 46.1 Å². The molecule has 0 radical (unpaired) electrons. The molecule has 0 aliphatic rings. The van der Waals surface area contributed by atoms with Gasteiger partial charge in [0, 0.05) is 30.3 Å². The summed E-state index contributed by atoms with van der Waals surface area (Å²) in [6, 6.07) is 12.3. The Morgan fingerprint density at radius 3 is 2.75 bits per heavy atom. The number of furan rings is 1. The molecule has 0 aliphatic heterocycles. The van der Waals surface area contributed by atoms with E-state index in [1.54, 1.807) is 18.4 Å². The fraction of sp³-hybridized carbons (Fsp3) is 0.278. The van der Waals surface area contributed by atoms with Crippen molar-refractivity contribution in [3.8, 4) is 0 Å². The first-order chi connectivity index (χ1) is 11.3. The minimum absolute atomic E-state index is 0. The Kier molecular flexibility index (Phi) is 7.11. The maximum atomic E-state index is 5.82. The van der Waals surface area contributed by atoms with Crippen LogP contribution < -0.4 is 10.6 Å². The molecule has 2 N–H and O–H groups in total. The first-order valence-corrected chi connectivity index (χ1v) is 8.59. The summed E-state index contributed by atoms with van der Waals surface area (Å²) >= 11 is 1.76. The number of fused-ring (bicyclic) bond motifs is 1. The summed E-state index contributed by atoms with van der Waals surface area (Å²) in [7, 11) is 1.79. The van der Waals surface area contributed by atoms with Crippen LogP contribution in [0.25, 0.3) is 11.0 Å². The molecule has 0 atom stereocenters. The van der Waals surface area contributed by atoms with Crippen molar-refractivity contribution in [2.45, 2.75) is 19.9 Å². The van der Waals surface area contributed by atoms with E-state index in [-0.39, 0.29) is 24.0 Å². The molecule has 0 saturated carbocycles. The topological polar surface area (TPSA) is 49.6 Å². The number of benzene rings is 1. The van der Waals surface area contributed by atoms with Crippen molar-refractivity contribution in [2.24, 2.45) is 4.99 Å². The van der Waals surface area contributed by atoms with E-state index < -0.39 is 0 Å². The second kappa shape index (κ2) is 9.08. The van der Waals surface area contributed by atoms with Crippen molar-refractivity contribution >= 4 is 52.2 Å². The van der Waals surface area contributed by atoms with Gasteiger partial charge in [-0.05, 0) is 36.1 Å². The van der Waals surface area contributed by atoms with E-state index in [0.29, 0.717) is 0 Å². The van der Waals surface area contributed by atoms with Gasteiger partial charge in [0.05, 0.1) is 6.54 Å². The Hall–Kier alpha value is -1.54. The van der Waals surface area contributed by atoms with Gasteiger partial charge in [0.15, 0.2) is 5.96 Å². The molecule has 24 heavy (non-hydrogen) atoms. The number of guanidine groups is 1. The van der Waals surface area contributed by atoms with Gasteiger partial charge in [0.2, 0.25) is 0 Å². The molecule has 4 nitrogen and oxygen atoms in total. The number of hydrogen-bond acceptors (Lipinski definition) is 3. The molecule has 2 heterocycles. The van der Waals surface area contributed by atoms with Gasteiger partial charge < -0.3 is 15.1 Å². The number of para-hydroxylation sites is 1. The largest absolute Gasteiger partial charge is 0.461 e. The number of halogens is 1. The normalized spacial score (nSPS) is 11.3. The second-order valence-corrected chi connectivity index (χ2v) is 6.38. The molecule has 0 fully saturated rings. The lowest BCUT2D eigenvalue weighted by Gasteiger charge is -2.11. The zero-order chi connectivity index (χ0) is 16.1. The Balaban J connectivity index is 0.00000208. The number of aliphatic imine (C=N–C) groups is 1. The van der Waals surface area contributed by atoms with Crippen LogP contribution in [0.3, 0.4) is 0 Å². The van der Waals surface area contributed by atoms with Crippen LogP contribution in [0.1, 0.15) is 16.2 Å². The zero-order valence-corrected chi connectivity index (χ0v) is 17.0. The van der Waals surface area contributed by atoms with Crippen LogP contribution in [-0.2, 0) is 13.0 Å². The molecular weight excluding hydrogens is 433 g/mol. The third kappa shape index (κ3) is 4.73. The van der Waals surface area contributed by atoms with Crippen LogP contribution in [0.2, 0.25) is 0 Å². The monoisotopic (exact) mass is 455 g/mol. The highest BCUT2D eigenvalue weighted by Crippen LogP contribution is 2.18. The molecule has 0 saturated heterocycles. The first kappa shape index (κ1) is 18.8. The molecule has 0 unspecified atom stereocenters. The van der Waals surface area contributed by atoms with Crippen LogP contribution >= 0.6 is 35.3 Å². The maximum Gasteiger partial charge on any atom is 0.191 e. The minimum atomic E-state index is 0. The number of rotatable bonds is 5. The molecule has 3 aromatic rings. The summed E-state index contributed by atoms with van der Waals surface area (Å²) in [5.74, 6) is 1.80. The van der Waals surface area contributed by atoms with Crippen LogP contribution in [0.15, 0.2) is 51.2 Å². The molecule has 0 amide bonds. The highest BCUT2D eigenvalue weighted by molar-refractivity contribution is 14.0. The van der Waals surface area contributed by atoms with Crippen LogP contribution in [0.4, 0.5) is 0 Å². The van der Waals surface area contributed by atoms with Gasteiger partial charge in [-0.15, -0.1) is 35.3 Å². The van der Waals surface area contributed by atoms with Crippen molar-refractivity contribution < 1.29 is 4.42 Å².